The van der Waals surface area contributed by atoms with Gasteiger partial charge in [-0.15, -0.1) is 0 Å². The number of hydrogen-bond donors (Lipinski definition) is 0. The van der Waals surface area contributed by atoms with Gasteiger partial charge in [0.25, 0.3) is 0 Å². The maximum Gasteiger partial charge on any atom is 0.407 e. The summed E-state index contributed by atoms with van der Waals surface area (Å²) in [5, 5.41) is 0. The van der Waals surface area contributed by atoms with Crippen LogP contribution in [0.3, 0.4) is 0 Å². The van der Waals surface area contributed by atoms with E-state index in [1.807, 2.05) is 0 Å². The largest absolute Gasteiger partial charge is 0.492 e. The molecule has 0 fully saturated rings. The van der Waals surface area contributed by atoms with E-state index >= 15 is 0 Å². The fourth-order valence-corrected chi connectivity index (χ4v) is 2.05. The molecule has 20 heavy (non-hydrogen) atoms. The Hall–Kier alpha value is -1.73. The summed E-state index contributed by atoms with van der Waals surface area (Å²) >= 11 is 0. The Labute approximate surface area is 109 Å². The fraction of sp³-hybridized carbons (Fsp3) is 0.417. The fourth-order valence-electron chi connectivity index (χ4n) is 2.05. The summed E-state index contributed by atoms with van der Waals surface area (Å²) in [6.07, 6.45) is -11.0. The Morgan fingerprint density at radius 3 is 2.25 bits per heavy atom. The summed E-state index contributed by atoms with van der Waals surface area (Å²) in [5.74, 6) is -6.26. The number of fused-ring (bicyclic) bond motifs is 1. The van der Waals surface area contributed by atoms with Crippen molar-refractivity contribution in [3.8, 4) is 5.75 Å². The number of Topliss-reactive ketones (excluding diaryl/α,β-unsaturated/α-hetero) is 1. The Morgan fingerprint density at radius 1 is 1.10 bits per heavy atom. The number of ether oxygens (including phenoxy) is 1. The van der Waals surface area contributed by atoms with Crippen LogP contribution in [-0.4, -0.2) is 24.7 Å². The molecule has 2 rings (SSSR count). The molecule has 2 nitrogen and oxygen atoms in total. The van der Waals surface area contributed by atoms with Gasteiger partial charge in [0.05, 0.1) is 12.2 Å². The molecule has 0 atom stereocenters. The third-order valence-corrected chi connectivity index (χ3v) is 2.90. The van der Waals surface area contributed by atoms with E-state index in [1.165, 1.54) is 12.1 Å². The van der Waals surface area contributed by atoms with Gasteiger partial charge in [0, 0.05) is 6.42 Å². The second kappa shape index (κ2) is 4.68. The minimum atomic E-state index is -5.70. The van der Waals surface area contributed by atoms with Crippen LogP contribution in [0.2, 0.25) is 0 Å². The average molecular weight is 298 g/mol. The van der Waals surface area contributed by atoms with E-state index in [4.69, 9.17) is 4.74 Å². The summed E-state index contributed by atoms with van der Waals surface area (Å²) in [6.45, 7) is 0.127. The van der Waals surface area contributed by atoms with Crippen molar-refractivity contribution in [1.29, 1.82) is 0 Å². The number of para-hydroxylation sites is 1. The second-order valence-corrected chi connectivity index (χ2v) is 4.27. The molecular weight excluding hydrogens is 290 g/mol. The normalized spacial score (nSPS) is 15.2. The van der Waals surface area contributed by atoms with Crippen molar-refractivity contribution in [2.45, 2.75) is 18.8 Å². The molecular formula is C12H8F6O2. The molecule has 0 aliphatic carbocycles. The van der Waals surface area contributed by atoms with E-state index in [9.17, 15) is 31.1 Å². The first-order chi connectivity index (χ1) is 9.12. The predicted octanol–water partition coefficient (Wildman–Crippen LogP) is 3.55. The summed E-state index contributed by atoms with van der Waals surface area (Å²) in [6, 6.07) is 3.65. The Morgan fingerprint density at radius 2 is 1.70 bits per heavy atom. The van der Waals surface area contributed by atoms with Crippen molar-refractivity contribution in [2.24, 2.45) is 5.92 Å². The monoisotopic (exact) mass is 298 g/mol. The van der Waals surface area contributed by atoms with Crippen molar-refractivity contribution in [3.63, 3.8) is 0 Å². The maximum atomic E-state index is 12.5. The van der Waals surface area contributed by atoms with Crippen LogP contribution in [0.15, 0.2) is 18.2 Å². The highest BCUT2D eigenvalue weighted by Crippen LogP contribution is 2.43. The quantitative estimate of drug-likeness (QED) is 0.616. The van der Waals surface area contributed by atoms with Gasteiger partial charge >= 0.3 is 12.4 Å². The molecule has 0 saturated heterocycles. The zero-order valence-corrected chi connectivity index (χ0v) is 9.81. The number of carbonyl (C=O) groups is 1. The van der Waals surface area contributed by atoms with Crippen LogP contribution < -0.4 is 4.74 Å². The molecule has 8 heteroatoms. The Balaban J connectivity index is 2.47. The highest BCUT2D eigenvalue weighted by atomic mass is 19.4. The van der Waals surface area contributed by atoms with Gasteiger partial charge < -0.3 is 4.74 Å². The molecule has 0 bridgehead atoms. The lowest BCUT2D eigenvalue weighted by Crippen LogP contribution is -2.42. The number of ketones is 1. The Kier molecular flexibility index (Phi) is 3.43. The molecule has 0 N–H and O–H groups in total. The molecule has 0 unspecified atom stereocenters. The summed E-state index contributed by atoms with van der Waals surface area (Å²) in [7, 11) is 0. The number of halogens is 6. The predicted molar refractivity (Wildman–Crippen MR) is 55.6 cm³/mol. The minimum absolute atomic E-state index is 0.127. The van der Waals surface area contributed by atoms with Gasteiger partial charge in [-0.1, -0.05) is 12.1 Å². The number of hydrogen-bond acceptors (Lipinski definition) is 2. The lowest BCUT2D eigenvalue weighted by atomic mass is 9.94. The lowest BCUT2D eigenvalue weighted by molar-refractivity contribution is -0.264. The second-order valence-electron chi connectivity index (χ2n) is 4.27. The van der Waals surface area contributed by atoms with E-state index in [1.54, 1.807) is 0 Å². The first-order valence-corrected chi connectivity index (χ1v) is 5.54. The van der Waals surface area contributed by atoms with Crippen LogP contribution in [0, 0.1) is 5.92 Å². The zero-order chi connectivity index (χ0) is 15.1. The first-order valence-electron chi connectivity index (χ1n) is 5.54. The number of rotatable bonds is 2. The standard InChI is InChI=1S/C12H8F6O2/c13-11(14,15)10(12(16,17)18)8(19)7-3-1-2-6-4-5-20-9(6)7/h1-3,10H,4-5H2. The third kappa shape index (κ3) is 2.59. The van der Waals surface area contributed by atoms with Gasteiger partial charge in [0.15, 0.2) is 5.78 Å². The molecule has 0 spiro atoms. The van der Waals surface area contributed by atoms with Crippen molar-refractivity contribution < 1.29 is 35.9 Å². The van der Waals surface area contributed by atoms with Crippen LogP contribution in [0.25, 0.3) is 0 Å². The van der Waals surface area contributed by atoms with Gasteiger partial charge in [-0.2, -0.15) is 26.3 Å². The number of carbonyl (C=O) groups excluding carboxylic acids is 1. The smallest absolute Gasteiger partial charge is 0.407 e. The van der Waals surface area contributed by atoms with Gasteiger partial charge in [0.1, 0.15) is 5.75 Å². The van der Waals surface area contributed by atoms with Crippen LogP contribution in [-0.2, 0) is 6.42 Å². The maximum absolute atomic E-state index is 12.5. The third-order valence-electron chi connectivity index (χ3n) is 2.90. The number of alkyl halides is 6. The van der Waals surface area contributed by atoms with Crippen molar-refractivity contribution in [2.75, 3.05) is 6.61 Å². The lowest BCUT2D eigenvalue weighted by Gasteiger charge is -2.22. The van der Waals surface area contributed by atoms with Gasteiger partial charge in [-0.05, 0) is 11.6 Å². The molecule has 1 aromatic carbocycles. The molecule has 1 aliphatic rings. The van der Waals surface area contributed by atoms with E-state index in [0.717, 1.165) is 6.07 Å². The van der Waals surface area contributed by atoms with E-state index in [0.29, 0.717) is 12.0 Å². The highest BCUT2D eigenvalue weighted by molar-refractivity contribution is 6.01. The first kappa shape index (κ1) is 14.7. The summed E-state index contributed by atoms with van der Waals surface area (Å²) in [5.41, 5.74) is -0.251. The summed E-state index contributed by atoms with van der Waals surface area (Å²) < 4.78 is 80.1. The van der Waals surface area contributed by atoms with E-state index < -0.39 is 29.6 Å². The zero-order valence-electron chi connectivity index (χ0n) is 9.81. The van der Waals surface area contributed by atoms with Crippen molar-refractivity contribution in [1.82, 2.24) is 0 Å². The minimum Gasteiger partial charge on any atom is -0.492 e. The molecule has 0 aromatic heterocycles. The Bertz CT molecular complexity index is 518. The molecule has 0 amide bonds. The SMILES string of the molecule is O=C(c1cccc2c1OCC2)C(C(F)(F)F)C(F)(F)F. The average Bonchev–Trinajstić information content (AvgIpc) is 2.71. The molecule has 1 heterocycles. The van der Waals surface area contributed by atoms with E-state index in [2.05, 4.69) is 0 Å². The topological polar surface area (TPSA) is 26.3 Å². The molecule has 0 saturated carbocycles. The highest BCUT2D eigenvalue weighted by Gasteiger charge is 2.61. The van der Waals surface area contributed by atoms with Crippen LogP contribution in [0.1, 0.15) is 15.9 Å². The van der Waals surface area contributed by atoms with Crippen molar-refractivity contribution in [3.05, 3.63) is 29.3 Å². The molecule has 1 aromatic rings. The van der Waals surface area contributed by atoms with Crippen molar-refractivity contribution >= 4 is 5.78 Å². The molecule has 0 radical (unpaired) electrons. The number of benzene rings is 1. The summed E-state index contributed by atoms with van der Waals surface area (Å²) in [4.78, 5) is 11.7. The molecule has 1 aliphatic heterocycles. The van der Waals surface area contributed by atoms with Gasteiger partial charge in [0.2, 0.25) is 5.92 Å². The van der Waals surface area contributed by atoms with Crippen LogP contribution in [0.5, 0.6) is 5.75 Å². The van der Waals surface area contributed by atoms with E-state index in [-0.39, 0.29) is 12.4 Å². The van der Waals surface area contributed by atoms with Crippen LogP contribution in [0.4, 0.5) is 26.3 Å². The van der Waals surface area contributed by atoms with Gasteiger partial charge in [-0.3, -0.25) is 4.79 Å². The van der Waals surface area contributed by atoms with Crippen LogP contribution >= 0.6 is 0 Å². The van der Waals surface area contributed by atoms with Gasteiger partial charge in [-0.25, -0.2) is 0 Å². The molecule has 110 valence electrons.